The van der Waals surface area contributed by atoms with Crippen LogP contribution in [0, 0.1) is 0 Å². The first-order valence-corrected chi connectivity index (χ1v) is 10.4. The molecule has 2 rings (SSSR count). The van der Waals surface area contributed by atoms with Gasteiger partial charge in [0.15, 0.2) is 0 Å². The van der Waals surface area contributed by atoms with Gasteiger partial charge in [-0.3, -0.25) is 9.69 Å². The van der Waals surface area contributed by atoms with Crippen molar-refractivity contribution in [3.05, 3.63) is 29.8 Å². The van der Waals surface area contributed by atoms with E-state index in [-0.39, 0.29) is 36.0 Å². The maximum atomic E-state index is 12.8. The van der Waals surface area contributed by atoms with Gasteiger partial charge in [0, 0.05) is 25.2 Å². The van der Waals surface area contributed by atoms with Gasteiger partial charge in [-0.1, -0.05) is 0 Å². The number of carbonyl (C=O) groups excluding carboxylic acids is 1. The van der Waals surface area contributed by atoms with Gasteiger partial charge < -0.3 is 5.32 Å². The van der Waals surface area contributed by atoms with Gasteiger partial charge in [0.25, 0.3) is 0 Å². The molecule has 0 radical (unpaired) electrons. The van der Waals surface area contributed by atoms with E-state index in [4.69, 9.17) is 0 Å². The largest absolute Gasteiger partial charge is 0.416 e. The molecular weight excluding hydrogens is 395 g/mol. The lowest BCUT2D eigenvalue weighted by molar-refractivity contribution is -0.137. The number of amides is 1. The predicted molar refractivity (Wildman–Crippen MR) is 99.2 cm³/mol. The van der Waals surface area contributed by atoms with E-state index in [9.17, 15) is 26.4 Å². The lowest BCUT2D eigenvalue weighted by Gasteiger charge is -2.25. The molecule has 1 aromatic carbocycles. The molecule has 0 aliphatic carbocycles. The van der Waals surface area contributed by atoms with Crippen molar-refractivity contribution in [2.75, 3.05) is 32.7 Å². The van der Waals surface area contributed by atoms with Gasteiger partial charge in [-0.05, 0) is 58.0 Å². The normalized spacial score (nSPS) is 17.9. The molecule has 0 aromatic heterocycles. The molecular formula is C18H26F3N3O3S. The van der Waals surface area contributed by atoms with Crippen LogP contribution in [0.5, 0.6) is 0 Å². The summed E-state index contributed by atoms with van der Waals surface area (Å²) >= 11 is 0. The fourth-order valence-electron chi connectivity index (χ4n) is 2.97. The summed E-state index contributed by atoms with van der Waals surface area (Å²) in [6.45, 7) is 7.18. The highest BCUT2D eigenvalue weighted by Crippen LogP contribution is 2.30. The van der Waals surface area contributed by atoms with Gasteiger partial charge in [0.2, 0.25) is 15.9 Å². The molecule has 1 heterocycles. The Kier molecular flexibility index (Phi) is 6.78. The highest BCUT2D eigenvalue weighted by Gasteiger charge is 2.32. The summed E-state index contributed by atoms with van der Waals surface area (Å²) in [5.74, 6) is -0.133. The molecule has 0 bridgehead atoms. The van der Waals surface area contributed by atoms with Crippen LogP contribution in [-0.4, -0.2) is 61.8 Å². The molecule has 28 heavy (non-hydrogen) atoms. The van der Waals surface area contributed by atoms with Crippen LogP contribution in [0.2, 0.25) is 0 Å². The second-order valence-corrected chi connectivity index (χ2v) is 9.79. The second-order valence-electron chi connectivity index (χ2n) is 7.85. The number of rotatable bonds is 4. The molecule has 0 unspecified atom stereocenters. The van der Waals surface area contributed by atoms with Gasteiger partial charge in [-0.15, -0.1) is 0 Å². The Balaban J connectivity index is 2.03. The first kappa shape index (κ1) is 22.6. The van der Waals surface area contributed by atoms with Crippen molar-refractivity contribution in [2.24, 2.45) is 0 Å². The zero-order valence-corrected chi connectivity index (χ0v) is 17.0. The quantitative estimate of drug-likeness (QED) is 0.810. The highest BCUT2D eigenvalue weighted by molar-refractivity contribution is 7.89. The Morgan fingerprint density at radius 2 is 1.64 bits per heavy atom. The molecule has 10 heteroatoms. The van der Waals surface area contributed by atoms with Crippen molar-refractivity contribution < 1.29 is 26.4 Å². The zero-order valence-electron chi connectivity index (χ0n) is 16.2. The fraction of sp³-hybridized carbons (Fsp3) is 0.611. The van der Waals surface area contributed by atoms with Crippen LogP contribution in [0.4, 0.5) is 13.2 Å². The van der Waals surface area contributed by atoms with Crippen molar-refractivity contribution in [2.45, 2.75) is 43.8 Å². The van der Waals surface area contributed by atoms with Crippen molar-refractivity contribution in [3.8, 4) is 0 Å². The molecule has 0 atom stereocenters. The molecule has 1 amide bonds. The Morgan fingerprint density at radius 1 is 1.04 bits per heavy atom. The Bertz CT molecular complexity index is 787. The summed E-state index contributed by atoms with van der Waals surface area (Å²) in [6.07, 6.45) is -3.98. The van der Waals surface area contributed by atoms with E-state index >= 15 is 0 Å². The molecule has 0 spiro atoms. The van der Waals surface area contributed by atoms with E-state index in [2.05, 4.69) is 5.32 Å². The number of hydrogen-bond donors (Lipinski definition) is 1. The van der Waals surface area contributed by atoms with Gasteiger partial charge in [0.05, 0.1) is 17.0 Å². The first-order chi connectivity index (χ1) is 12.8. The molecule has 6 nitrogen and oxygen atoms in total. The van der Waals surface area contributed by atoms with E-state index in [0.717, 1.165) is 24.3 Å². The zero-order chi connectivity index (χ0) is 21.2. The summed E-state index contributed by atoms with van der Waals surface area (Å²) in [5.41, 5.74) is -1.24. The average molecular weight is 421 g/mol. The highest BCUT2D eigenvalue weighted by atomic mass is 32.2. The van der Waals surface area contributed by atoms with Crippen LogP contribution in [0.1, 0.15) is 32.8 Å². The molecule has 1 aliphatic rings. The number of alkyl halides is 3. The van der Waals surface area contributed by atoms with E-state index in [1.807, 2.05) is 25.7 Å². The van der Waals surface area contributed by atoms with Crippen molar-refractivity contribution in [1.29, 1.82) is 0 Å². The van der Waals surface area contributed by atoms with Crippen LogP contribution in [-0.2, 0) is 21.0 Å². The van der Waals surface area contributed by atoms with Crippen molar-refractivity contribution >= 4 is 15.9 Å². The third kappa shape index (κ3) is 6.18. The molecule has 1 aromatic rings. The van der Waals surface area contributed by atoms with E-state index in [1.165, 1.54) is 4.31 Å². The number of nitrogens with one attached hydrogen (secondary N) is 1. The molecule has 1 fully saturated rings. The van der Waals surface area contributed by atoms with Gasteiger partial charge >= 0.3 is 6.18 Å². The monoisotopic (exact) mass is 421 g/mol. The first-order valence-electron chi connectivity index (χ1n) is 9.00. The maximum Gasteiger partial charge on any atom is 0.416 e. The fourth-order valence-corrected chi connectivity index (χ4v) is 4.44. The van der Waals surface area contributed by atoms with E-state index in [0.29, 0.717) is 19.5 Å². The standard InChI is InChI=1S/C18H26F3N3O3S/c1-17(2,3)22-16(25)13-23-9-4-10-24(12-11-23)28(26,27)15-7-5-14(6-8-15)18(19,20)21/h5-8H,4,9-13H2,1-3H3,(H,22,25). The SMILES string of the molecule is CC(C)(C)NC(=O)CN1CCCN(S(=O)(=O)c2ccc(C(F)(F)F)cc2)CC1. The van der Waals surface area contributed by atoms with Crippen LogP contribution < -0.4 is 5.32 Å². The number of hydrogen-bond acceptors (Lipinski definition) is 4. The summed E-state index contributed by atoms with van der Waals surface area (Å²) in [6, 6.07) is 3.51. The minimum Gasteiger partial charge on any atom is -0.350 e. The lowest BCUT2D eigenvalue weighted by atomic mass is 10.1. The van der Waals surface area contributed by atoms with Crippen molar-refractivity contribution in [3.63, 3.8) is 0 Å². The lowest BCUT2D eigenvalue weighted by Crippen LogP contribution is -2.46. The third-order valence-electron chi connectivity index (χ3n) is 4.25. The summed E-state index contributed by atoms with van der Waals surface area (Å²) in [4.78, 5) is 13.8. The number of carbonyl (C=O) groups is 1. The number of nitrogens with zero attached hydrogens (tertiary/aromatic N) is 2. The van der Waals surface area contributed by atoms with Gasteiger partial charge in [0.1, 0.15) is 0 Å². The topological polar surface area (TPSA) is 69.7 Å². The number of sulfonamides is 1. The number of halogens is 3. The Hall–Kier alpha value is -1.65. The third-order valence-corrected chi connectivity index (χ3v) is 6.16. The maximum absolute atomic E-state index is 12.8. The minimum atomic E-state index is -4.51. The predicted octanol–water partition coefficient (Wildman–Crippen LogP) is 2.32. The molecule has 1 aliphatic heterocycles. The Labute approximate surface area is 163 Å². The van der Waals surface area contributed by atoms with Crippen molar-refractivity contribution in [1.82, 2.24) is 14.5 Å². The summed E-state index contributed by atoms with van der Waals surface area (Å²) in [5, 5.41) is 2.87. The molecule has 0 saturated carbocycles. The minimum absolute atomic E-state index is 0.133. The summed E-state index contributed by atoms with van der Waals surface area (Å²) < 4.78 is 64.8. The smallest absolute Gasteiger partial charge is 0.350 e. The van der Waals surface area contributed by atoms with Gasteiger partial charge in [-0.25, -0.2) is 8.42 Å². The van der Waals surface area contributed by atoms with Crippen LogP contribution >= 0.6 is 0 Å². The van der Waals surface area contributed by atoms with Crippen LogP contribution in [0.15, 0.2) is 29.2 Å². The average Bonchev–Trinajstić information content (AvgIpc) is 2.78. The van der Waals surface area contributed by atoms with E-state index < -0.39 is 21.8 Å². The van der Waals surface area contributed by atoms with Crippen LogP contribution in [0.25, 0.3) is 0 Å². The number of benzene rings is 1. The summed E-state index contributed by atoms with van der Waals surface area (Å²) in [7, 11) is -3.89. The molecule has 158 valence electrons. The molecule has 1 N–H and O–H groups in total. The van der Waals surface area contributed by atoms with Gasteiger partial charge in [-0.2, -0.15) is 17.5 Å². The van der Waals surface area contributed by atoms with Crippen LogP contribution in [0.3, 0.4) is 0 Å². The Morgan fingerprint density at radius 3 is 2.18 bits per heavy atom. The molecule has 1 saturated heterocycles. The van der Waals surface area contributed by atoms with E-state index in [1.54, 1.807) is 0 Å². The second kappa shape index (κ2) is 8.38.